The molecule has 1 aromatic heterocycles. The third-order valence-corrected chi connectivity index (χ3v) is 6.64. The van der Waals surface area contributed by atoms with E-state index in [1.54, 1.807) is 13.3 Å². The van der Waals surface area contributed by atoms with Crippen molar-refractivity contribution in [3.8, 4) is 5.75 Å². The zero-order chi connectivity index (χ0) is 23.6. The average molecular weight is 458 g/mol. The number of aliphatic hydroxyl groups is 1. The van der Waals surface area contributed by atoms with Gasteiger partial charge in [-0.1, -0.05) is 32.6 Å². The number of aromatic nitrogens is 1. The summed E-state index contributed by atoms with van der Waals surface area (Å²) >= 11 is 0. The molecule has 1 N–H and O–H groups in total. The molecule has 1 aromatic carbocycles. The highest BCUT2D eigenvalue weighted by Crippen LogP contribution is 2.28. The number of unbranched alkanes of at least 4 members (excludes halogenated alkanes) is 4. The van der Waals surface area contributed by atoms with Gasteiger partial charge >= 0.3 is 5.97 Å². The average Bonchev–Trinajstić information content (AvgIpc) is 2.84. The highest BCUT2D eigenvalue weighted by Gasteiger charge is 2.30. The summed E-state index contributed by atoms with van der Waals surface area (Å²) < 4.78 is 10.3. The van der Waals surface area contributed by atoms with Crippen molar-refractivity contribution in [3.63, 3.8) is 0 Å². The fourth-order valence-electron chi connectivity index (χ4n) is 4.71. The third kappa shape index (κ3) is 7.13. The number of aliphatic hydroxyl groups excluding tert-OH is 1. The lowest BCUT2D eigenvalue weighted by molar-refractivity contribution is -0.142. The molecule has 33 heavy (non-hydrogen) atoms. The molecule has 0 saturated carbocycles. The number of hydrogen-bond donors (Lipinski definition) is 1. The summed E-state index contributed by atoms with van der Waals surface area (Å²) in [5, 5.41) is 12.0. The van der Waals surface area contributed by atoms with Gasteiger partial charge in [0.1, 0.15) is 5.75 Å². The molecule has 0 radical (unpaired) electrons. The van der Waals surface area contributed by atoms with Crippen molar-refractivity contribution in [2.75, 3.05) is 46.9 Å². The molecule has 0 spiro atoms. The molecule has 1 aliphatic rings. The molecule has 2 aromatic rings. The molecule has 0 bridgehead atoms. The first-order valence-electron chi connectivity index (χ1n) is 12.2. The van der Waals surface area contributed by atoms with E-state index in [1.165, 1.54) is 32.8 Å². The number of benzene rings is 1. The van der Waals surface area contributed by atoms with Crippen LogP contribution in [0.1, 0.15) is 57.1 Å². The number of β-amino-alcohol motifs (C(OH)–C–C–N with tert-alkyl or cyclic N) is 1. The molecular weight excluding hydrogens is 418 g/mol. The Morgan fingerprint density at radius 2 is 2.00 bits per heavy atom. The third-order valence-electron chi connectivity index (χ3n) is 6.64. The largest absolute Gasteiger partial charge is 0.497 e. The van der Waals surface area contributed by atoms with Gasteiger partial charge < -0.3 is 14.6 Å². The number of ether oxygens (including phenoxy) is 2. The fraction of sp³-hybridized carbons (Fsp3) is 0.615. The van der Waals surface area contributed by atoms with Gasteiger partial charge in [-0.05, 0) is 42.8 Å². The van der Waals surface area contributed by atoms with E-state index in [4.69, 9.17) is 9.47 Å². The summed E-state index contributed by atoms with van der Waals surface area (Å²) in [5.41, 5.74) is 1.69. The quantitative estimate of drug-likeness (QED) is 0.384. The van der Waals surface area contributed by atoms with E-state index in [2.05, 4.69) is 21.7 Å². The molecule has 0 aliphatic carbocycles. The summed E-state index contributed by atoms with van der Waals surface area (Å²) in [7, 11) is 3.09. The maximum atomic E-state index is 12.1. The molecule has 182 valence electrons. The van der Waals surface area contributed by atoms with Gasteiger partial charge in [0.05, 0.1) is 32.3 Å². The first-order valence-corrected chi connectivity index (χ1v) is 12.2. The SMILES string of the molecule is CCCCCCCN1CCN(C[C@H](O)c2ccnc3ccc(OC)cc23)C[C@@H]1CC(=O)OC. The number of methoxy groups -OCH3 is 2. The number of hydrogen-bond acceptors (Lipinski definition) is 7. The van der Waals surface area contributed by atoms with Crippen molar-refractivity contribution in [2.45, 2.75) is 57.6 Å². The summed E-state index contributed by atoms with van der Waals surface area (Å²) in [6.45, 7) is 6.26. The summed E-state index contributed by atoms with van der Waals surface area (Å²) in [5.74, 6) is 0.570. The Morgan fingerprint density at radius 3 is 2.76 bits per heavy atom. The van der Waals surface area contributed by atoms with E-state index < -0.39 is 6.10 Å². The zero-order valence-electron chi connectivity index (χ0n) is 20.3. The van der Waals surface area contributed by atoms with Crippen LogP contribution in [0.3, 0.4) is 0 Å². The Bertz CT molecular complexity index is 891. The van der Waals surface area contributed by atoms with Crippen LogP contribution >= 0.6 is 0 Å². The van der Waals surface area contributed by atoms with Crippen LogP contribution < -0.4 is 4.74 Å². The Balaban J connectivity index is 1.65. The Hall–Kier alpha value is -2.22. The van der Waals surface area contributed by atoms with Crippen LogP contribution in [0.25, 0.3) is 10.9 Å². The van der Waals surface area contributed by atoms with E-state index in [9.17, 15) is 9.90 Å². The lowest BCUT2D eigenvalue weighted by Gasteiger charge is -2.41. The van der Waals surface area contributed by atoms with Crippen molar-refractivity contribution in [2.24, 2.45) is 0 Å². The van der Waals surface area contributed by atoms with Crippen LogP contribution in [0.4, 0.5) is 0 Å². The monoisotopic (exact) mass is 457 g/mol. The van der Waals surface area contributed by atoms with Gasteiger partial charge in [0.2, 0.25) is 0 Å². The number of esters is 1. The predicted molar refractivity (Wildman–Crippen MR) is 130 cm³/mol. The predicted octanol–water partition coefficient (Wildman–Crippen LogP) is 3.80. The molecule has 1 fully saturated rings. The second-order valence-corrected chi connectivity index (χ2v) is 8.94. The molecule has 3 rings (SSSR count). The van der Waals surface area contributed by atoms with Crippen LogP contribution in [0.5, 0.6) is 5.75 Å². The van der Waals surface area contributed by atoms with Gasteiger partial charge in [-0.2, -0.15) is 0 Å². The van der Waals surface area contributed by atoms with Crippen molar-refractivity contribution in [1.82, 2.24) is 14.8 Å². The first-order chi connectivity index (χ1) is 16.0. The van der Waals surface area contributed by atoms with Crippen molar-refractivity contribution in [1.29, 1.82) is 0 Å². The fourth-order valence-corrected chi connectivity index (χ4v) is 4.71. The molecule has 7 heteroatoms. The first kappa shape index (κ1) is 25.4. The number of carbonyl (C=O) groups excluding carboxylic acids is 1. The molecule has 7 nitrogen and oxygen atoms in total. The molecule has 0 amide bonds. The minimum absolute atomic E-state index is 0.110. The maximum Gasteiger partial charge on any atom is 0.307 e. The Morgan fingerprint density at radius 1 is 1.18 bits per heavy atom. The van der Waals surface area contributed by atoms with Crippen LogP contribution in [0.2, 0.25) is 0 Å². The minimum Gasteiger partial charge on any atom is -0.497 e. The van der Waals surface area contributed by atoms with Gasteiger partial charge in [-0.25, -0.2) is 0 Å². The van der Waals surface area contributed by atoms with Crippen molar-refractivity contribution >= 4 is 16.9 Å². The van der Waals surface area contributed by atoms with Crippen LogP contribution in [-0.4, -0.2) is 78.8 Å². The number of piperazine rings is 1. The lowest BCUT2D eigenvalue weighted by atomic mass is 10.0. The number of fused-ring (bicyclic) bond motifs is 1. The second-order valence-electron chi connectivity index (χ2n) is 8.94. The Labute approximate surface area is 197 Å². The zero-order valence-corrected chi connectivity index (χ0v) is 20.3. The normalized spacial score (nSPS) is 18.4. The molecule has 1 aliphatic heterocycles. The molecule has 0 unspecified atom stereocenters. The number of rotatable bonds is 12. The smallest absolute Gasteiger partial charge is 0.307 e. The van der Waals surface area contributed by atoms with Gasteiger partial charge in [-0.3, -0.25) is 19.6 Å². The molecule has 2 atom stereocenters. The standard InChI is InChI=1S/C26H39N3O4/c1-4-5-6-7-8-13-29-15-14-28(18-20(29)16-26(31)33-3)19-25(30)22-11-12-27-24-10-9-21(32-2)17-23(22)24/h9-12,17,20,25,30H,4-8,13-16,18-19H2,1-3H3/t20-,25-/m0/s1. The summed E-state index contributed by atoms with van der Waals surface area (Å²) in [6, 6.07) is 7.71. The van der Waals surface area contributed by atoms with Crippen LogP contribution in [-0.2, 0) is 9.53 Å². The lowest BCUT2D eigenvalue weighted by Crippen LogP contribution is -2.54. The number of carbonyl (C=O) groups is 1. The number of pyridine rings is 1. The van der Waals surface area contributed by atoms with E-state index in [0.29, 0.717) is 13.0 Å². The highest BCUT2D eigenvalue weighted by atomic mass is 16.5. The summed E-state index contributed by atoms with van der Waals surface area (Å²) in [4.78, 5) is 21.2. The summed E-state index contributed by atoms with van der Waals surface area (Å²) in [6.07, 6.45) is 7.66. The molecule has 2 heterocycles. The Kier molecular flexibility index (Phi) is 9.91. The van der Waals surface area contributed by atoms with Crippen LogP contribution in [0, 0.1) is 0 Å². The highest BCUT2D eigenvalue weighted by molar-refractivity contribution is 5.83. The topological polar surface area (TPSA) is 75.1 Å². The minimum atomic E-state index is -0.651. The maximum absolute atomic E-state index is 12.1. The van der Waals surface area contributed by atoms with E-state index >= 15 is 0 Å². The van der Waals surface area contributed by atoms with E-state index in [-0.39, 0.29) is 12.0 Å². The van der Waals surface area contributed by atoms with Gasteiger partial charge in [-0.15, -0.1) is 0 Å². The molecule has 1 saturated heterocycles. The second kappa shape index (κ2) is 12.9. The molecular formula is C26H39N3O4. The van der Waals surface area contributed by atoms with E-state index in [0.717, 1.165) is 54.8 Å². The van der Waals surface area contributed by atoms with Gasteiger partial charge in [0.25, 0.3) is 0 Å². The van der Waals surface area contributed by atoms with Gasteiger partial charge in [0, 0.05) is 43.8 Å². The van der Waals surface area contributed by atoms with Crippen molar-refractivity contribution < 1.29 is 19.4 Å². The van der Waals surface area contributed by atoms with Crippen LogP contribution in [0.15, 0.2) is 30.5 Å². The number of nitrogens with zero attached hydrogens (tertiary/aromatic N) is 3. The van der Waals surface area contributed by atoms with Crippen molar-refractivity contribution in [3.05, 3.63) is 36.0 Å². The van der Waals surface area contributed by atoms with E-state index in [1.807, 2.05) is 24.3 Å². The van der Waals surface area contributed by atoms with Gasteiger partial charge in [0.15, 0.2) is 0 Å².